The Morgan fingerprint density at radius 2 is 2.14 bits per heavy atom. The highest BCUT2D eigenvalue weighted by molar-refractivity contribution is 5.69. The van der Waals surface area contributed by atoms with Crippen LogP contribution in [0.25, 0.3) is 0 Å². The van der Waals surface area contributed by atoms with Crippen LogP contribution in [0.3, 0.4) is 0 Å². The van der Waals surface area contributed by atoms with Crippen molar-refractivity contribution >= 4 is 11.4 Å². The standard InChI is InChI=1S/C16H18N2O4/c1-4-22-17-14-11-12(18(19)20)7-8-13(14)15(2,3)16(17)9-5-6-10-21-16/h5-11H,4H2,1-3H3. The maximum Gasteiger partial charge on any atom is 0.271 e. The molecule has 6 nitrogen and oxygen atoms in total. The first-order valence-corrected chi connectivity index (χ1v) is 7.18. The Labute approximate surface area is 128 Å². The SMILES string of the molecule is CCON1c2cc([N+](=O)[O-])ccc2C(C)(C)C12C=CC=CO2. The first-order valence-electron chi connectivity index (χ1n) is 7.18. The number of anilines is 1. The molecule has 1 aromatic rings. The second kappa shape index (κ2) is 4.84. The number of nitrogens with zero attached hydrogens (tertiary/aromatic N) is 2. The van der Waals surface area contributed by atoms with Crippen molar-refractivity contribution < 1.29 is 14.5 Å². The Hall–Kier alpha value is -2.34. The van der Waals surface area contributed by atoms with Gasteiger partial charge in [0.25, 0.3) is 5.69 Å². The van der Waals surface area contributed by atoms with Crippen LogP contribution in [0.5, 0.6) is 0 Å². The van der Waals surface area contributed by atoms with E-state index in [4.69, 9.17) is 9.57 Å². The summed E-state index contributed by atoms with van der Waals surface area (Å²) < 4.78 is 5.95. The first kappa shape index (κ1) is 14.6. The van der Waals surface area contributed by atoms with Gasteiger partial charge in [0.1, 0.15) is 0 Å². The lowest BCUT2D eigenvalue weighted by Gasteiger charge is -2.44. The summed E-state index contributed by atoms with van der Waals surface area (Å²) in [6.45, 7) is 6.39. The van der Waals surface area contributed by atoms with Crippen molar-refractivity contribution in [2.45, 2.75) is 31.9 Å². The van der Waals surface area contributed by atoms with E-state index >= 15 is 0 Å². The molecular weight excluding hydrogens is 284 g/mol. The number of nitro benzene ring substituents is 1. The van der Waals surface area contributed by atoms with Crippen LogP contribution in [0.2, 0.25) is 0 Å². The molecule has 1 atom stereocenters. The van der Waals surface area contributed by atoms with E-state index < -0.39 is 16.1 Å². The molecule has 0 N–H and O–H groups in total. The third-order valence-electron chi connectivity index (χ3n) is 4.30. The minimum absolute atomic E-state index is 0.0339. The van der Waals surface area contributed by atoms with E-state index in [2.05, 4.69) is 0 Å². The van der Waals surface area contributed by atoms with Crippen LogP contribution in [0.1, 0.15) is 26.3 Å². The molecule has 6 heteroatoms. The molecule has 116 valence electrons. The summed E-state index contributed by atoms with van der Waals surface area (Å²) in [5.41, 5.74) is 0.363. The van der Waals surface area contributed by atoms with Crippen molar-refractivity contribution in [3.63, 3.8) is 0 Å². The summed E-state index contributed by atoms with van der Waals surface area (Å²) in [6, 6.07) is 4.84. The van der Waals surface area contributed by atoms with Crippen molar-refractivity contribution in [1.29, 1.82) is 0 Å². The zero-order valence-corrected chi connectivity index (χ0v) is 12.8. The number of hydrogen-bond acceptors (Lipinski definition) is 5. The zero-order valence-electron chi connectivity index (χ0n) is 12.8. The number of rotatable bonds is 3. The predicted octanol–water partition coefficient (Wildman–Crippen LogP) is 3.44. The molecule has 0 aliphatic carbocycles. The highest BCUT2D eigenvalue weighted by atomic mass is 16.7. The van der Waals surface area contributed by atoms with E-state index in [9.17, 15) is 10.1 Å². The van der Waals surface area contributed by atoms with Crippen molar-refractivity contribution in [2.24, 2.45) is 0 Å². The fourth-order valence-electron chi connectivity index (χ4n) is 3.14. The summed E-state index contributed by atoms with van der Waals surface area (Å²) in [5.74, 6) is 0. The van der Waals surface area contributed by atoms with Crippen molar-refractivity contribution in [2.75, 3.05) is 11.7 Å². The Balaban J connectivity index is 2.21. The minimum atomic E-state index is -0.852. The summed E-state index contributed by atoms with van der Waals surface area (Å²) in [4.78, 5) is 16.5. The summed E-state index contributed by atoms with van der Waals surface area (Å²) >= 11 is 0. The summed E-state index contributed by atoms with van der Waals surface area (Å²) in [5, 5.41) is 12.7. The van der Waals surface area contributed by atoms with E-state index in [1.807, 2.05) is 32.9 Å². The summed E-state index contributed by atoms with van der Waals surface area (Å²) in [6.07, 6.45) is 7.25. The Morgan fingerprint density at radius 1 is 1.36 bits per heavy atom. The first-order chi connectivity index (χ1) is 10.4. The van der Waals surface area contributed by atoms with Gasteiger partial charge in [-0.3, -0.25) is 15.0 Å². The molecule has 0 aromatic heterocycles. The van der Waals surface area contributed by atoms with Crippen LogP contribution in [0.15, 0.2) is 42.7 Å². The fraction of sp³-hybridized carbons (Fsp3) is 0.375. The maximum atomic E-state index is 11.1. The molecule has 2 aliphatic rings. The molecular formula is C16H18N2O4. The van der Waals surface area contributed by atoms with Crippen LogP contribution in [0.4, 0.5) is 11.4 Å². The topological polar surface area (TPSA) is 64.8 Å². The lowest BCUT2D eigenvalue weighted by molar-refractivity contribution is -0.384. The van der Waals surface area contributed by atoms with E-state index in [0.717, 1.165) is 5.56 Å². The van der Waals surface area contributed by atoms with E-state index in [-0.39, 0.29) is 5.69 Å². The average Bonchev–Trinajstić information content (AvgIpc) is 2.67. The number of fused-ring (bicyclic) bond motifs is 1. The average molecular weight is 302 g/mol. The maximum absolute atomic E-state index is 11.1. The van der Waals surface area contributed by atoms with Crippen LogP contribution in [0, 0.1) is 10.1 Å². The van der Waals surface area contributed by atoms with Gasteiger partial charge in [-0.2, -0.15) is 0 Å². The molecule has 0 saturated carbocycles. The Bertz CT molecular complexity index is 681. The molecule has 0 bridgehead atoms. The third-order valence-corrected chi connectivity index (χ3v) is 4.30. The van der Waals surface area contributed by atoms with Gasteiger partial charge in [-0.05, 0) is 44.6 Å². The number of hydroxylamine groups is 1. The van der Waals surface area contributed by atoms with Gasteiger partial charge in [-0.15, -0.1) is 0 Å². The molecule has 0 radical (unpaired) electrons. The van der Waals surface area contributed by atoms with Crippen molar-refractivity contribution in [1.82, 2.24) is 0 Å². The van der Waals surface area contributed by atoms with E-state index in [1.54, 1.807) is 23.5 Å². The molecule has 0 fully saturated rings. The van der Waals surface area contributed by atoms with Gasteiger partial charge in [-0.1, -0.05) is 6.08 Å². The highest BCUT2D eigenvalue weighted by Crippen LogP contribution is 2.54. The van der Waals surface area contributed by atoms with Gasteiger partial charge in [0.05, 0.1) is 28.9 Å². The molecule has 3 rings (SSSR count). The number of non-ortho nitro benzene ring substituents is 1. The van der Waals surface area contributed by atoms with Crippen molar-refractivity contribution in [3.8, 4) is 0 Å². The highest BCUT2D eigenvalue weighted by Gasteiger charge is 2.59. The normalized spacial score (nSPS) is 24.4. The largest absolute Gasteiger partial charge is 0.469 e. The zero-order chi connectivity index (χ0) is 16.0. The molecule has 1 spiro atoms. The quantitative estimate of drug-likeness (QED) is 0.632. The second-order valence-electron chi connectivity index (χ2n) is 5.80. The molecule has 22 heavy (non-hydrogen) atoms. The fourth-order valence-corrected chi connectivity index (χ4v) is 3.14. The molecule has 0 saturated heterocycles. The van der Waals surface area contributed by atoms with Crippen molar-refractivity contribution in [3.05, 3.63) is 58.4 Å². The lowest BCUT2D eigenvalue weighted by atomic mass is 9.77. The predicted molar refractivity (Wildman–Crippen MR) is 82.3 cm³/mol. The van der Waals surface area contributed by atoms with Crippen LogP contribution in [-0.2, 0) is 15.0 Å². The number of nitro groups is 1. The Kier molecular flexibility index (Phi) is 3.21. The molecule has 2 aliphatic heterocycles. The van der Waals surface area contributed by atoms with E-state index in [1.165, 1.54) is 12.1 Å². The van der Waals surface area contributed by atoms with Gasteiger partial charge >= 0.3 is 0 Å². The van der Waals surface area contributed by atoms with Gasteiger partial charge in [-0.25, -0.2) is 5.06 Å². The molecule has 1 unspecified atom stereocenters. The number of allylic oxidation sites excluding steroid dienone is 2. The number of ether oxygens (including phenoxy) is 1. The summed E-state index contributed by atoms with van der Waals surface area (Å²) in [7, 11) is 0. The third kappa shape index (κ3) is 1.77. The molecule has 2 heterocycles. The van der Waals surface area contributed by atoms with Crippen LogP contribution < -0.4 is 5.06 Å². The van der Waals surface area contributed by atoms with Gasteiger partial charge in [0.2, 0.25) is 5.72 Å². The Morgan fingerprint density at radius 3 is 2.73 bits per heavy atom. The van der Waals surface area contributed by atoms with Gasteiger partial charge < -0.3 is 4.74 Å². The molecule has 1 aromatic carbocycles. The van der Waals surface area contributed by atoms with E-state index in [0.29, 0.717) is 12.3 Å². The van der Waals surface area contributed by atoms with Crippen LogP contribution in [-0.4, -0.2) is 17.3 Å². The van der Waals surface area contributed by atoms with Gasteiger partial charge in [0, 0.05) is 12.1 Å². The molecule has 0 amide bonds. The minimum Gasteiger partial charge on any atom is -0.469 e. The number of benzene rings is 1. The van der Waals surface area contributed by atoms with Gasteiger partial charge in [0.15, 0.2) is 0 Å². The second-order valence-corrected chi connectivity index (χ2v) is 5.80. The number of hydrogen-bond donors (Lipinski definition) is 0. The van der Waals surface area contributed by atoms with Crippen LogP contribution >= 0.6 is 0 Å². The monoisotopic (exact) mass is 302 g/mol. The lowest BCUT2D eigenvalue weighted by Crippen LogP contribution is -2.56. The smallest absolute Gasteiger partial charge is 0.271 e.